The molecule has 218 valence electrons. The molecule has 41 heavy (non-hydrogen) atoms. The topological polar surface area (TPSA) is 130 Å². The number of rotatable bonds is 7. The van der Waals surface area contributed by atoms with Gasteiger partial charge in [0.2, 0.25) is 11.4 Å². The third-order valence-electron chi connectivity index (χ3n) is 7.87. The average molecular weight is 599 g/mol. The number of hydrogen-bond donors (Lipinski definition) is 2. The fraction of sp³-hybridized carbons (Fsp3) is 0.500. The molecule has 0 bridgehead atoms. The number of aromatic carboxylic acids is 1. The highest BCUT2D eigenvalue weighted by molar-refractivity contribution is 7.80. The van der Waals surface area contributed by atoms with Crippen LogP contribution in [-0.4, -0.2) is 74.4 Å². The largest absolute Gasteiger partial charge is 0.477 e. The van der Waals surface area contributed by atoms with Gasteiger partial charge in [-0.1, -0.05) is 13.3 Å². The monoisotopic (exact) mass is 598 g/mol. The predicted molar refractivity (Wildman–Crippen MR) is 163 cm³/mol. The Labute approximate surface area is 247 Å². The van der Waals surface area contributed by atoms with E-state index < -0.39 is 11.4 Å². The van der Waals surface area contributed by atoms with Gasteiger partial charge in [-0.15, -0.1) is 11.3 Å². The molecule has 3 aromatic heterocycles. The first-order chi connectivity index (χ1) is 19.7. The second kappa shape index (κ2) is 12.1. The van der Waals surface area contributed by atoms with Gasteiger partial charge in [0.05, 0.1) is 17.6 Å². The molecule has 1 saturated heterocycles. The number of carboxylic acids is 1. The van der Waals surface area contributed by atoms with E-state index in [4.69, 9.17) is 17.0 Å². The number of carbonyl (C=O) groups excluding carboxylic acids is 1. The van der Waals surface area contributed by atoms with Crippen LogP contribution >= 0.6 is 23.6 Å². The minimum atomic E-state index is -1.27. The molecule has 0 saturated carbocycles. The number of thiophene rings is 1. The summed E-state index contributed by atoms with van der Waals surface area (Å²) in [6, 6.07) is 0. The number of aromatic nitrogens is 3. The third-order valence-corrected chi connectivity index (χ3v) is 9.40. The maximum absolute atomic E-state index is 12.9. The lowest BCUT2D eigenvalue weighted by Gasteiger charge is -2.36. The van der Waals surface area contributed by atoms with E-state index in [0.717, 1.165) is 36.2 Å². The molecule has 0 radical (unpaired) electrons. The molecular weight excluding hydrogens is 564 g/mol. The fourth-order valence-corrected chi connectivity index (χ4v) is 7.20. The third kappa shape index (κ3) is 5.65. The number of nitrogens with zero attached hydrogens (tertiary/aromatic N) is 5. The quantitative estimate of drug-likeness (QED) is 0.304. The maximum Gasteiger partial charge on any atom is 0.341 e. The number of thiocarbonyl (C=S) groups is 1. The Bertz CT molecular complexity index is 1560. The van der Waals surface area contributed by atoms with E-state index in [1.54, 1.807) is 15.9 Å². The van der Waals surface area contributed by atoms with Crippen LogP contribution in [0.5, 0.6) is 0 Å². The summed E-state index contributed by atoms with van der Waals surface area (Å²) in [6.45, 7) is 9.09. The number of carbonyl (C=O) groups is 2. The Kier molecular flexibility index (Phi) is 8.55. The molecular formula is C28H34N6O5S2. The molecule has 1 aliphatic heterocycles. The van der Waals surface area contributed by atoms with Crippen LogP contribution in [0.15, 0.2) is 17.2 Å². The van der Waals surface area contributed by atoms with Gasteiger partial charge in [-0.3, -0.25) is 4.79 Å². The molecule has 2 N–H and O–H groups in total. The van der Waals surface area contributed by atoms with Crippen molar-refractivity contribution in [3.8, 4) is 0 Å². The van der Waals surface area contributed by atoms with E-state index in [-0.39, 0.29) is 16.9 Å². The minimum Gasteiger partial charge on any atom is -0.477 e. The van der Waals surface area contributed by atoms with Crippen LogP contribution < -0.4 is 15.6 Å². The number of piperazine rings is 1. The van der Waals surface area contributed by atoms with Crippen molar-refractivity contribution in [1.82, 2.24) is 19.4 Å². The molecule has 3 aromatic rings. The maximum atomic E-state index is 12.9. The van der Waals surface area contributed by atoms with Gasteiger partial charge < -0.3 is 29.5 Å². The standard InChI is InChI=1S/C28H34N6O5S2/c1-4-16-7-8-17-20(13-16)41-24(21(17)26(38)39-6-3)31-28(40)34-11-9-33(10-12-34)27-29-14-18-22(35)19(25(36)37)15-32(5-2)23(18)30-27/h14-16H,4-13H2,1-3H3,(H,31,40)(H,36,37)/t16-/m1/s1. The van der Waals surface area contributed by atoms with Crippen molar-refractivity contribution >= 4 is 62.6 Å². The van der Waals surface area contributed by atoms with Crippen LogP contribution in [0.3, 0.4) is 0 Å². The zero-order valence-electron chi connectivity index (χ0n) is 23.4. The highest BCUT2D eigenvalue weighted by atomic mass is 32.1. The van der Waals surface area contributed by atoms with Crippen LogP contribution in [0, 0.1) is 5.92 Å². The molecule has 0 spiro atoms. The zero-order chi connectivity index (χ0) is 29.3. The van der Waals surface area contributed by atoms with Crippen molar-refractivity contribution in [2.75, 3.05) is 43.0 Å². The Hall–Kier alpha value is -3.58. The molecule has 4 heterocycles. The van der Waals surface area contributed by atoms with Crippen molar-refractivity contribution in [2.24, 2.45) is 5.92 Å². The second-order valence-electron chi connectivity index (χ2n) is 10.2. The summed E-state index contributed by atoms with van der Waals surface area (Å²) in [5.74, 6) is -0.468. The summed E-state index contributed by atoms with van der Waals surface area (Å²) in [4.78, 5) is 51.4. The van der Waals surface area contributed by atoms with Gasteiger partial charge in [0.25, 0.3) is 0 Å². The molecule has 0 aromatic carbocycles. The molecule has 1 aliphatic carbocycles. The minimum absolute atomic E-state index is 0.181. The summed E-state index contributed by atoms with van der Waals surface area (Å²) < 4.78 is 7.07. The Morgan fingerprint density at radius 2 is 1.98 bits per heavy atom. The summed E-state index contributed by atoms with van der Waals surface area (Å²) in [7, 11) is 0. The van der Waals surface area contributed by atoms with Gasteiger partial charge in [-0.05, 0) is 56.8 Å². The summed E-state index contributed by atoms with van der Waals surface area (Å²) >= 11 is 7.40. The number of esters is 1. The Morgan fingerprint density at radius 3 is 2.63 bits per heavy atom. The second-order valence-corrected chi connectivity index (χ2v) is 11.7. The number of fused-ring (bicyclic) bond motifs is 2. The number of hydrogen-bond acceptors (Lipinski definition) is 9. The van der Waals surface area contributed by atoms with E-state index in [1.807, 2.05) is 18.7 Å². The van der Waals surface area contributed by atoms with Crippen LogP contribution in [0.4, 0.5) is 10.9 Å². The summed E-state index contributed by atoms with van der Waals surface area (Å²) in [6.07, 6.45) is 6.80. The van der Waals surface area contributed by atoms with Gasteiger partial charge in [0.1, 0.15) is 16.2 Å². The number of aryl methyl sites for hydroxylation is 1. The lowest BCUT2D eigenvalue weighted by Crippen LogP contribution is -2.50. The van der Waals surface area contributed by atoms with Crippen molar-refractivity contribution in [2.45, 2.75) is 53.0 Å². The van der Waals surface area contributed by atoms with E-state index in [2.05, 4.69) is 27.1 Å². The average Bonchev–Trinajstić information content (AvgIpc) is 3.34. The lowest BCUT2D eigenvalue weighted by molar-refractivity contribution is 0.0526. The fourth-order valence-electron chi connectivity index (χ4n) is 5.51. The van der Waals surface area contributed by atoms with Gasteiger partial charge in [-0.25, -0.2) is 14.6 Å². The number of carboxylic acid groups (broad SMARTS) is 1. The summed E-state index contributed by atoms with van der Waals surface area (Å²) in [5.41, 5.74) is 1.24. The number of anilines is 2. The molecule has 0 unspecified atom stereocenters. The highest BCUT2D eigenvalue weighted by Crippen LogP contribution is 2.41. The summed E-state index contributed by atoms with van der Waals surface area (Å²) in [5, 5.41) is 14.3. The van der Waals surface area contributed by atoms with Crippen LogP contribution in [0.2, 0.25) is 0 Å². The van der Waals surface area contributed by atoms with Crippen LogP contribution in [-0.2, 0) is 24.1 Å². The van der Waals surface area contributed by atoms with Gasteiger partial charge >= 0.3 is 11.9 Å². The Balaban J connectivity index is 1.31. The van der Waals surface area contributed by atoms with Crippen molar-refractivity contribution < 1.29 is 19.4 Å². The van der Waals surface area contributed by atoms with Crippen LogP contribution in [0.1, 0.15) is 64.8 Å². The normalized spacial score (nSPS) is 16.9. The van der Waals surface area contributed by atoms with E-state index >= 15 is 0 Å². The predicted octanol–water partition coefficient (Wildman–Crippen LogP) is 3.78. The molecule has 0 amide bonds. The zero-order valence-corrected chi connectivity index (χ0v) is 25.1. The molecule has 2 aliphatic rings. The smallest absolute Gasteiger partial charge is 0.341 e. The lowest BCUT2D eigenvalue weighted by atomic mass is 9.86. The first-order valence-corrected chi connectivity index (χ1v) is 15.2. The first-order valence-electron chi connectivity index (χ1n) is 14.0. The Morgan fingerprint density at radius 1 is 1.22 bits per heavy atom. The molecule has 5 rings (SSSR count). The van der Waals surface area contributed by atoms with Crippen LogP contribution in [0.25, 0.3) is 11.0 Å². The number of nitrogens with one attached hydrogen (secondary N) is 1. The van der Waals surface area contributed by atoms with Gasteiger partial charge in [-0.2, -0.15) is 4.98 Å². The van der Waals surface area contributed by atoms with E-state index in [0.29, 0.717) is 67.5 Å². The van der Waals surface area contributed by atoms with Crippen molar-refractivity contribution in [3.63, 3.8) is 0 Å². The molecule has 11 nitrogen and oxygen atoms in total. The molecule has 13 heteroatoms. The van der Waals surface area contributed by atoms with Crippen molar-refractivity contribution in [1.29, 1.82) is 0 Å². The van der Waals surface area contributed by atoms with Gasteiger partial charge in [0.15, 0.2) is 5.11 Å². The van der Waals surface area contributed by atoms with Gasteiger partial charge in [0, 0.05) is 50.0 Å². The number of pyridine rings is 1. The first kappa shape index (κ1) is 28.9. The van der Waals surface area contributed by atoms with E-state index in [9.17, 15) is 19.5 Å². The molecule has 1 fully saturated rings. The number of ether oxygens (including phenoxy) is 1. The highest BCUT2D eigenvalue weighted by Gasteiger charge is 2.30. The SMILES string of the molecule is CCOC(=O)c1c(NC(=S)N2CCN(c3ncc4c(=O)c(C(=O)O)cn(CC)c4n3)CC2)sc2c1CC[C@@H](CC)C2. The van der Waals surface area contributed by atoms with Crippen molar-refractivity contribution in [3.05, 3.63) is 44.2 Å². The van der Waals surface area contributed by atoms with E-state index in [1.165, 1.54) is 17.3 Å². The molecule has 1 atom stereocenters.